The highest BCUT2D eigenvalue weighted by Gasteiger charge is 2.23. The molecule has 27 heavy (non-hydrogen) atoms. The van der Waals surface area contributed by atoms with Gasteiger partial charge in [0.15, 0.2) is 12.4 Å². The van der Waals surface area contributed by atoms with Crippen LogP contribution in [0.2, 0.25) is 0 Å². The summed E-state index contributed by atoms with van der Waals surface area (Å²) in [6, 6.07) is 13.2. The van der Waals surface area contributed by atoms with Crippen LogP contribution in [0.25, 0.3) is 0 Å². The van der Waals surface area contributed by atoms with E-state index in [1.165, 1.54) is 0 Å². The van der Waals surface area contributed by atoms with Crippen LogP contribution < -0.4 is 5.32 Å². The van der Waals surface area contributed by atoms with E-state index < -0.39 is 17.1 Å². The average Bonchev–Trinajstić information content (AvgIpc) is 2.60. The van der Waals surface area contributed by atoms with Crippen molar-refractivity contribution in [1.82, 2.24) is 0 Å². The van der Waals surface area contributed by atoms with Gasteiger partial charge >= 0.3 is 5.97 Å². The van der Waals surface area contributed by atoms with Crippen molar-refractivity contribution < 1.29 is 23.1 Å². The normalized spacial score (nSPS) is 11.3. The Morgan fingerprint density at radius 3 is 2.30 bits per heavy atom. The number of nitrogens with one attached hydrogen (secondary N) is 1. The number of hydrogen-bond acceptors (Lipinski definition) is 5. The number of carbonyl (C=O) groups is 2. The Morgan fingerprint density at radius 2 is 1.70 bits per heavy atom. The molecule has 0 fully saturated rings. The summed E-state index contributed by atoms with van der Waals surface area (Å²) >= 11 is 0.465. The van der Waals surface area contributed by atoms with Crippen molar-refractivity contribution in [1.29, 1.82) is 0 Å². The fourth-order valence-corrected chi connectivity index (χ4v) is 2.57. The van der Waals surface area contributed by atoms with Crippen LogP contribution in [0.15, 0.2) is 53.4 Å². The summed E-state index contributed by atoms with van der Waals surface area (Å²) in [7, 11) is 0. The van der Waals surface area contributed by atoms with Crippen molar-refractivity contribution in [3.63, 3.8) is 0 Å². The number of thioether (sulfide) groups is 1. The van der Waals surface area contributed by atoms with Crippen LogP contribution in [0.3, 0.4) is 0 Å². The zero-order chi connectivity index (χ0) is 20.0. The summed E-state index contributed by atoms with van der Waals surface area (Å²) in [5, 5.41) is 3.07. The van der Waals surface area contributed by atoms with Gasteiger partial charge in [0.05, 0.1) is 11.3 Å². The average molecular weight is 393 g/mol. The maximum absolute atomic E-state index is 12.4. The van der Waals surface area contributed by atoms with Crippen molar-refractivity contribution in [2.24, 2.45) is 5.41 Å². The molecule has 4 nitrogen and oxygen atoms in total. The molecule has 0 bridgehead atoms. The van der Waals surface area contributed by atoms with E-state index in [1.54, 1.807) is 69.3 Å². The maximum atomic E-state index is 12.4. The molecular formula is C20H21F2NO3S. The Bertz CT molecular complexity index is 802. The number of benzene rings is 2. The monoisotopic (exact) mass is 393 g/mol. The van der Waals surface area contributed by atoms with Crippen molar-refractivity contribution >= 4 is 34.9 Å². The Morgan fingerprint density at radius 1 is 1.07 bits per heavy atom. The minimum atomic E-state index is -2.48. The van der Waals surface area contributed by atoms with Gasteiger partial charge < -0.3 is 10.1 Å². The van der Waals surface area contributed by atoms with Crippen LogP contribution in [-0.4, -0.2) is 24.1 Å². The number of esters is 1. The van der Waals surface area contributed by atoms with Crippen LogP contribution in [0.5, 0.6) is 0 Å². The first kappa shape index (κ1) is 20.9. The minimum Gasteiger partial charge on any atom is -0.454 e. The maximum Gasteiger partial charge on any atom is 0.340 e. The third kappa shape index (κ3) is 6.36. The van der Waals surface area contributed by atoms with Crippen molar-refractivity contribution in [3.05, 3.63) is 54.1 Å². The van der Waals surface area contributed by atoms with E-state index in [4.69, 9.17) is 4.74 Å². The van der Waals surface area contributed by atoms with Gasteiger partial charge in [-0.05, 0) is 36.4 Å². The molecule has 0 aliphatic heterocycles. The molecule has 7 heteroatoms. The van der Waals surface area contributed by atoms with Crippen LogP contribution >= 0.6 is 11.8 Å². The lowest BCUT2D eigenvalue weighted by Gasteiger charge is -2.17. The fourth-order valence-electron chi connectivity index (χ4n) is 2.07. The van der Waals surface area contributed by atoms with Crippen molar-refractivity contribution in [2.45, 2.75) is 31.4 Å². The Labute approximate surface area is 161 Å². The summed E-state index contributed by atoms with van der Waals surface area (Å²) in [6.07, 6.45) is 0. The predicted octanol–water partition coefficient (Wildman–Crippen LogP) is 5.52. The molecule has 0 saturated heterocycles. The molecule has 0 aromatic heterocycles. The van der Waals surface area contributed by atoms with Gasteiger partial charge in [-0.1, -0.05) is 44.7 Å². The summed E-state index contributed by atoms with van der Waals surface area (Å²) < 4.78 is 29.9. The third-order valence-corrected chi connectivity index (χ3v) is 4.40. The van der Waals surface area contributed by atoms with E-state index in [0.29, 0.717) is 28.0 Å². The highest BCUT2D eigenvalue weighted by molar-refractivity contribution is 7.99. The van der Waals surface area contributed by atoms with Crippen molar-refractivity contribution in [2.75, 3.05) is 11.9 Å². The molecule has 144 valence electrons. The molecule has 2 aromatic rings. The topological polar surface area (TPSA) is 55.4 Å². The van der Waals surface area contributed by atoms with Gasteiger partial charge in [0, 0.05) is 16.0 Å². The lowest BCUT2D eigenvalue weighted by atomic mass is 9.91. The number of ketones is 1. The van der Waals surface area contributed by atoms with Crippen LogP contribution in [0, 0.1) is 5.41 Å². The number of Topliss-reactive ketones (excluding diaryl/α,β-unsaturated/α-hetero) is 1. The lowest BCUT2D eigenvalue weighted by Crippen LogP contribution is -2.26. The van der Waals surface area contributed by atoms with E-state index in [9.17, 15) is 18.4 Å². The molecule has 0 aliphatic carbocycles. The standard InChI is InChI=1S/C20H21F2NO3S/c1-20(2,3)17(24)12-26-18(25)15-6-4-5-7-16(15)23-13-8-10-14(11-9-13)27-19(21)22/h4-11,19,23H,12H2,1-3H3. The van der Waals surface area contributed by atoms with Crippen LogP contribution in [0.1, 0.15) is 31.1 Å². The summed E-state index contributed by atoms with van der Waals surface area (Å²) in [5.41, 5.74) is 0.834. The lowest BCUT2D eigenvalue weighted by molar-refractivity contribution is -0.129. The van der Waals surface area contributed by atoms with E-state index >= 15 is 0 Å². The molecule has 1 N–H and O–H groups in total. The van der Waals surface area contributed by atoms with E-state index in [1.807, 2.05) is 0 Å². The number of ether oxygens (including phenoxy) is 1. The van der Waals surface area contributed by atoms with Gasteiger partial charge in [-0.15, -0.1) is 0 Å². The number of para-hydroxylation sites is 1. The zero-order valence-corrected chi connectivity index (χ0v) is 16.1. The number of alkyl halides is 2. The van der Waals surface area contributed by atoms with Gasteiger partial charge in [-0.2, -0.15) is 8.78 Å². The molecular weight excluding hydrogens is 372 g/mol. The summed E-state index contributed by atoms with van der Waals surface area (Å²) in [6.45, 7) is 4.98. The fraction of sp³-hybridized carbons (Fsp3) is 0.300. The van der Waals surface area contributed by atoms with E-state index in [2.05, 4.69) is 5.32 Å². The van der Waals surface area contributed by atoms with Gasteiger partial charge in [0.25, 0.3) is 5.76 Å². The third-order valence-electron chi connectivity index (χ3n) is 3.68. The Kier molecular flexibility index (Phi) is 6.96. The summed E-state index contributed by atoms with van der Waals surface area (Å²) in [4.78, 5) is 24.7. The number of hydrogen-bond donors (Lipinski definition) is 1. The molecule has 0 spiro atoms. The smallest absolute Gasteiger partial charge is 0.340 e. The van der Waals surface area contributed by atoms with E-state index in [0.717, 1.165) is 0 Å². The van der Waals surface area contributed by atoms with Gasteiger partial charge in [-0.3, -0.25) is 4.79 Å². The number of anilines is 2. The Hall–Kier alpha value is -2.41. The SMILES string of the molecule is CC(C)(C)C(=O)COC(=O)c1ccccc1Nc1ccc(SC(F)F)cc1. The molecule has 0 unspecified atom stereocenters. The largest absolute Gasteiger partial charge is 0.454 e. The highest BCUT2D eigenvalue weighted by atomic mass is 32.2. The summed E-state index contributed by atoms with van der Waals surface area (Å²) in [5.74, 6) is -3.26. The highest BCUT2D eigenvalue weighted by Crippen LogP contribution is 2.28. The quantitative estimate of drug-likeness (QED) is 0.496. The minimum absolute atomic E-state index is 0.173. The predicted molar refractivity (Wildman–Crippen MR) is 103 cm³/mol. The second kappa shape index (κ2) is 8.99. The second-order valence-electron chi connectivity index (χ2n) is 6.82. The number of rotatable bonds is 7. The molecule has 0 radical (unpaired) electrons. The second-order valence-corrected chi connectivity index (χ2v) is 7.89. The molecule has 0 atom stereocenters. The van der Waals surface area contributed by atoms with Crippen LogP contribution in [0.4, 0.5) is 20.2 Å². The first-order valence-corrected chi connectivity index (χ1v) is 9.16. The molecule has 0 saturated carbocycles. The van der Waals surface area contributed by atoms with Gasteiger partial charge in [-0.25, -0.2) is 4.79 Å². The molecule has 0 amide bonds. The van der Waals surface area contributed by atoms with E-state index in [-0.39, 0.29) is 18.0 Å². The van der Waals surface area contributed by atoms with Gasteiger partial charge in [0.2, 0.25) is 0 Å². The van der Waals surface area contributed by atoms with Crippen molar-refractivity contribution in [3.8, 4) is 0 Å². The Balaban J connectivity index is 2.09. The van der Waals surface area contributed by atoms with Gasteiger partial charge in [0.1, 0.15) is 0 Å². The molecule has 2 aromatic carbocycles. The number of halogens is 2. The molecule has 0 aliphatic rings. The molecule has 0 heterocycles. The first-order valence-electron chi connectivity index (χ1n) is 8.28. The zero-order valence-electron chi connectivity index (χ0n) is 15.3. The first-order chi connectivity index (χ1) is 12.7. The number of carbonyl (C=O) groups excluding carboxylic acids is 2. The van der Waals surface area contributed by atoms with Crippen LogP contribution in [-0.2, 0) is 9.53 Å². The molecule has 2 rings (SSSR count).